The molecular weight excluding hydrogens is 258 g/mol. The van der Waals surface area contributed by atoms with Gasteiger partial charge in [0.2, 0.25) is 0 Å². The van der Waals surface area contributed by atoms with Gasteiger partial charge in [0.25, 0.3) is 0 Å². The Balaban J connectivity index is 1.93. The average molecular weight is 283 g/mol. The molecule has 1 aromatic heterocycles. The molecule has 3 rings (SSSR count). The number of hydrogen-bond donors (Lipinski definition) is 1. The van der Waals surface area contributed by atoms with Crippen LogP contribution in [-0.4, -0.2) is 9.55 Å². The smallest absolute Gasteiger partial charge is 0.131 e. The topological polar surface area (TPSA) is 43.8 Å². The molecule has 0 spiro atoms. The second-order valence-corrected chi connectivity index (χ2v) is 6.51. The van der Waals surface area contributed by atoms with Crippen molar-refractivity contribution < 1.29 is 0 Å². The van der Waals surface area contributed by atoms with Gasteiger partial charge in [-0.15, -0.1) is 0 Å². The third-order valence-corrected chi connectivity index (χ3v) is 4.12. The van der Waals surface area contributed by atoms with Crippen LogP contribution < -0.4 is 5.73 Å². The van der Waals surface area contributed by atoms with Crippen molar-refractivity contribution in [2.45, 2.75) is 52.5 Å². The first-order valence-electron chi connectivity index (χ1n) is 8.06. The maximum absolute atomic E-state index is 6.37. The number of imidazole rings is 1. The Morgan fingerprint density at radius 3 is 2.43 bits per heavy atom. The van der Waals surface area contributed by atoms with Crippen molar-refractivity contribution in [1.29, 1.82) is 0 Å². The first-order chi connectivity index (χ1) is 10.1. The van der Waals surface area contributed by atoms with Crippen molar-refractivity contribution in [1.82, 2.24) is 9.55 Å². The van der Waals surface area contributed by atoms with E-state index < -0.39 is 0 Å². The lowest BCUT2D eigenvalue weighted by Gasteiger charge is -2.07. The van der Waals surface area contributed by atoms with E-state index in [1.807, 2.05) is 0 Å². The molecule has 2 aromatic rings. The van der Waals surface area contributed by atoms with Crippen LogP contribution in [0.3, 0.4) is 0 Å². The molecule has 0 amide bonds. The molecule has 21 heavy (non-hydrogen) atoms. The van der Waals surface area contributed by atoms with Crippen LogP contribution in [0, 0.1) is 5.92 Å². The van der Waals surface area contributed by atoms with Crippen LogP contribution in [0.5, 0.6) is 0 Å². The minimum atomic E-state index is 0.585. The largest absolute Gasteiger partial charge is 0.383 e. The van der Waals surface area contributed by atoms with Gasteiger partial charge in [-0.1, -0.05) is 45.0 Å². The highest BCUT2D eigenvalue weighted by molar-refractivity contribution is 5.71. The van der Waals surface area contributed by atoms with Crippen molar-refractivity contribution in [3.8, 4) is 11.3 Å². The van der Waals surface area contributed by atoms with Gasteiger partial charge in [-0.2, -0.15) is 0 Å². The zero-order valence-corrected chi connectivity index (χ0v) is 13.3. The van der Waals surface area contributed by atoms with E-state index >= 15 is 0 Å². The second kappa shape index (κ2) is 5.55. The van der Waals surface area contributed by atoms with E-state index in [0.29, 0.717) is 12.0 Å². The van der Waals surface area contributed by atoms with Crippen LogP contribution in [0.1, 0.15) is 51.0 Å². The number of benzene rings is 1. The van der Waals surface area contributed by atoms with Crippen molar-refractivity contribution in [2.24, 2.45) is 5.92 Å². The Kier molecular flexibility index (Phi) is 3.75. The van der Waals surface area contributed by atoms with E-state index in [4.69, 9.17) is 10.7 Å². The molecule has 1 saturated carbocycles. The predicted octanol–water partition coefficient (Wildman–Crippen LogP) is 4.23. The molecule has 0 atom stereocenters. The lowest BCUT2D eigenvalue weighted by molar-refractivity contribution is 0.647. The van der Waals surface area contributed by atoms with E-state index in [0.717, 1.165) is 35.7 Å². The van der Waals surface area contributed by atoms with Crippen LogP contribution in [-0.2, 0) is 12.8 Å². The summed E-state index contributed by atoms with van der Waals surface area (Å²) in [4.78, 5) is 4.79. The van der Waals surface area contributed by atoms with Crippen molar-refractivity contribution >= 4 is 5.82 Å². The number of nitrogen functional groups attached to an aromatic ring is 1. The molecule has 2 N–H and O–H groups in total. The van der Waals surface area contributed by atoms with Gasteiger partial charge >= 0.3 is 0 Å². The lowest BCUT2D eigenvalue weighted by Crippen LogP contribution is -2.04. The third-order valence-electron chi connectivity index (χ3n) is 4.12. The summed E-state index contributed by atoms with van der Waals surface area (Å²) in [6, 6.07) is 9.31. The summed E-state index contributed by atoms with van der Waals surface area (Å²) in [6.45, 7) is 6.64. The predicted molar refractivity (Wildman–Crippen MR) is 88.3 cm³/mol. The van der Waals surface area contributed by atoms with Gasteiger partial charge in [0.15, 0.2) is 0 Å². The van der Waals surface area contributed by atoms with Gasteiger partial charge in [0.1, 0.15) is 17.3 Å². The van der Waals surface area contributed by atoms with Crippen molar-refractivity contribution in [3.63, 3.8) is 0 Å². The van der Waals surface area contributed by atoms with Crippen LogP contribution in [0.15, 0.2) is 24.3 Å². The van der Waals surface area contributed by atoms with Crippen molar-refractivity contribution in [3.05, 3.63) is 35.7 Å². The van der Waals surface area contributed by atoms with E-state index in [2.05, 4.69) is 49.6 Å². The number of aromatic nitrogens is 2. The first kappa shape index (κ1) is 14.2. The molecule has 1 aliphatic rings. The molecule has 0 aliphatic heterocycles. The highest BCUT2D eigenvalue weighted by Crippen LogP contribution is 2.41. The quantitative estimate of drug-likeness (QED) is 0.892. The second-order valence-electron chi connectivity index (χ2n) is 6.51. The summed E-state index contributed by atoms with van der Waals surface area (Å²) < 4.78 is 2.25. The van der Waals surface area contributed by atoms with Gasteiger partial charge in [0, 0.05) is 18.0 Å². The summed E-state index contributed by atoms with van der Waals surface area (Å²) in [5, 5.41) is 0. The number of hydrogen-bond acceptors (Lipinski definition) is 2. The monoisotopic (exact) mass is 283 g/mol. The maximum atomic E-state index is 6.37. The van der Waals surface area contributed by atoms with Gasteiger partial charge in [-0.05, 0) is 30.7 Å². The molecule has 1 heterocycles. The number of rotatable bonds is 5. The fourth-order valence-electron chi connectivity index (χ4n) is 2.97. The maximum Gasteiger partial charge on any atom is 0.131 e. The molecule has 1 fully saturated rings. The Morgan fingerprint density at radius 1 is 1.24 bits per heavy atom. The standard InChI is InChI=1S/C18H25N3/c1-4-16-20-17(18(19)21(16)15-9-10-15)14-7-5-13(6-8-14)11-12(2)3/h5-8,12,15H,4,9-11,19H2,1-3H3. The Labute approximate surface area is 127 Å². The fraction of sp³-hybridized carbons (Fsp3) is 0.500. The number of anilines is 1. The molecule has 0 bridgehead atoms. The highest BCUT2D eigenvalue weighted by atomic mass is 15.2. The van der Waals surface area contributed by atoms with Crippen molar-refractivity contribution in [2.75, 3.05) is 5.73 Å². The van der Waals surface area contributed by atoms with E-state index in [1.165, 1.54) is 18.4 Å². The Hall–Kier alpha value is -1.77. The molecule has 3 nitrogen and oxygen atoms in total. The zero-order chi connectivity index (χ0) is 15.0. The lowest BCUT2D eigenvalue weighted by atomic mass is 10.0. The minimum Gasteiger partial charge on any atom is -0.383 e. The summed E-state index contributed by atoms with van der Waals surface area (Å²) >= 11 is 0. The Morgan fingerprint density at radius 2 is 1.90 bits per heavy atom. The summed E-state index contributed by atoms with van der Waals surface area (Å²) in [5.74, 6) is 2.64. The summed E-state index contributed by atoms with van der Waals surface area (Å²) in [5.41, 5.74) is 9.84. The van der Waals surface area contributed by atoms with Gasteiger partial charge in [-0.3, -0.25) is 0 Å². The van der Waals surface area contributed by atoms with Crippen LogP contribution in [0.2, 0.25) is 0 Å². The molecule has 0 unspecified atom stereocenters. The van der Waals surface area contributed by atoms with Crippen LogP contribution in [0.25, 0.3) is 11.3 Å². The van der Waals surface area contributed by atoms with Crippen LogP contribution in [0.4, 0.5) is 5.82 Å². The minimum absolute atomic E-state index is 0.585. The average Bonchev–Trinajstić information content (AvgIpc) is 3.23. The van der Waals surface area contributed by atoms with E-state index in [-0.39, 0.29) is 0 Å². The Bertz CT molecular complexity index is 619. The number of aryl methyl sites for hydroxylation is 1. The molecule has 3 heteroatoms. The fourth-order valence-corrected chi connectivity index (χ4v) is 2.97. The van der Waals surface area contributed by atoms with Gasteiger partial charge < -0.3 is 10.3 Å². The van der Waals surface area contributed by atoms with E-state index in [1.54, 1.807) is 0 Å². The highest BCUT2D eigenvalue weighted by Gasteiger charge is 2.29. The zero-order valence-electron chi connectivity index (χ0n) is 13.3. The molecule has 1 aliphatic carbocycles. The van der Waals surface area contributed by atoms with Gasteiger partial charge in [-0.25, -0.2) is 4.98 Å². The number of nitrogens with zero attached hydrogens (tertiary/aromatic N) is 2. The SMILES string of the molecule is CCc1nc(-c2ccc(CC(C)C)cc2)c(N)n1C1CC1. The molecule has 1 aromatic carbocycles. The molecule has 112 valence electrons. The van der Waals surface area contributed by atoms with Crippen LogP contribution >= 0.6 is 0 Å². The molecule has 0 saturated heterocycles. The number of nitrogens with two attached hydrogens (primary N) is 1. The van der Waals surface area contributed by atoms with E-state index in [9.17, 15) is 0 Å². The molecule has 0 radical (unpaired) electrons. The summed E-state index contributed by atoms with van der Waals surface area (Å²) in [7, 11) is 0. The summed E-state index contributed by atoms with van der Waals surface area (Å²) in [6.07, 6.45) is 4.53. The normalized spacial score (nSPS) is 14.9. The molecular formula is C18H25N3. The first-order valence-corrected chi connectivity index (χ1v) is 8.06. The van der Waals surface area contributed by atoms with Gasteiger partial charge in [0.05, 0.1) is 0 Å². The third kappa shape index (κ3) is 2.82.